The average molecular weight is 385 g/mol. The van der Waals surface area contributed by atoms with Crippen LogP contribution in [0.25, 0.3) is 10.8 Å². The zero-order chi connectivity index (χ0) is 20.2. The van der Waals surface area contributed by atoms with Gasteiger partial charge in [-0.25, -0.2) is 4.39 Å². The molecule has 0 radical (unpaired) electrons. The van der Waals surface area contributed by atoms with Gasteiger partial charge in [-0.1, -0.05) is 48.5 Å². The van der Waals surface area contributed by atoms with Crippen molar-refractivity contribution in [1.82, 2.24) is 0 Å². The minimum Gasteiger partial charge on any atom is -0.497 e. The smallest absolute Gasteiger partial charge is 0.189 e. The Morgan fingerprint density at radius 1 is 0.862 bits per heavy atom. The summed E-state index contributed by atoms with van der Waals surface area (Å²) >= 11 is 0. The number of benzene rings is 4. The number of carbonyl (C=O) groups excluding carboxylic acids is 1. The van der Waals surface area contributed by atoms with Crippen LogP contribution in [-0.2, 0) is 0 Å². The van der Waals surface area contributed by atoms with E-state index in [2.05, 4.69) is 5.32 Å². The summed E-state index contributed by atoms with van der Waals surface area (Å²) in [4.78, 5) is 13.4. The third kappa shape index (κ3) is 4.11. The van der Waals surface area contributed by atoms with Gasteiger partial charge in [0.15, 0.2) is 5.78 Å². The van der Waals surface area contributed by atoms with Gasteiger partial charge in [-0.2, -0.15) is 0 Å². The van der Waals surface area contributed by atoms with Crippen LogP contribution in [0.4, 0.5) is 10.1 Å². The lowest BCUT2D eigenvalue weighted by Crippen LogP contribution is -2.21. The van der Waals surface area contributed by atoms with Crippen molar-refractivity contribution < 1.29 is 13.9 Å². The summed E-state index contributed by atoms with van der Waals surface area (Å²) < 4.78 is 18.6. The number of nitrogens with one attached hydrogen (secondary N) is 1. The molecule has 0 fully saturated rings. The molecule has 4 rings (SSSR count). The Morgan fingerprint density at radius 2 is 1.55 bits per heavy atom. The molecule has 0 aliphatic carbocycles. The Balaban J connectivity index is 1.71. The largest absolute Gasteiger partial charge is 0.497 e. The number of rotatable bonds is 6. The molecule has 0 aliphatic rings. The number of Topliss-reactive ketones (excluding diaryl/α,β-unsaturated/α-hetero) is 1. The molecule has 0 saturated heterocycles. The number of halogens is 1. The van der Waals surface area contributed by atoms with Gasteiger partial charge >= 0.3 is 0 Å². The fourth-order valence-electron chi connectivity index (χ4n) is 3.32. The highest BCUT2D eigenvalue weighted by molar-refractivity contribution is 6.04. The van der Waals surface area contributed by atoms with E-state index in [4.69, 9.17) is 4.74 Å². The molecule has 4 aromatic rings. The highest BCUT2D eigenvalue weighted by Crippen LogP contribution is 2.27. The van der Waals surface area contributed by atoms with E-state index in [0.717, 1.165) is 22.2 Å². The molecule has 3 nitrogen and oxygen atoms in total. The van der Waals surface area contributed by atoms with E-state index in [1.807, 2.05) is 66.7 Å². The lowest BCUT2D eigenvalue weighted by atomic mass is 9.95. The molecule has 0 heterocycles. The molecule has 0 bridgehead atoms. The van der Waals surface area contributed by atoms with E-state index >= 15 is 0 Å². The molecule has 4 aromatic carbocycles. The zero-order valence-electron chi connectivity index (χ0n) is 15.9. The standard InChI is InChI=1S/C25H20FNO2/c1-29-23-14-12-22(13-15-23)27-24(18-8-10-21(26)11-9-18)25(28)20-7-6-17-4-2-3-5-19(17)16-20/h2-16,24,27H,1H3/t24-/m0/s1. The Morgan fingerprint density at radius 3 is 2.24 bits per heavy atom. The first-order chi connectivity index (χ1) is 14.1. The summed E-state index contributed by atoms with van der Waals surface area (Å²) in [7, 11) is 1.60. The molecule has 4 heteroatoms. The monoisotopic (exact) mass is 385 g/mol. The summed E-state index contributed by atoms with van der Waals surface area (Å²) in [6, 6.07) is 26.3. The summed E-state index contributed by atoms with van der Waals surface area (Å²) in [6.07, 6.45) is 0. The highest BCUT2D eigenvalue weighted by Gasteiger charge is 2.22. The number of hydrogen-bond donors (Lipinski definition) is 1. The summed E-state index contributed by atoms with van der Waals surface area (Å²) in [6.45, 7) is 0. The second-order valence-electron chi connectivity index (χ2n) is 6.78. The van der Waals surface area contributed by atoms with Gasteiger partial charge in [0.1, 0.15) is 17.6 Å². The van der Waals surface area contributed by atoms with Gasteiger partial charge in [-0.05, 0) is 58.8 Å². The number of ketones is 1. The van der Waals surface area contributed by atoms with Crippen molar-refractivity contribution in [2.24, 2.45) is 0 Å². The predicted octanol–water partition coefficient (Wildman–Crippen LogP) is 6.02. The number of ether oxygens (including phenoxy) is 1. The third-order valence-corrected chi connectivity index (χ3v) is 4.90. The Labute approximate surface area is 168 Å². The second-order valence-corrected chi connectivity index (χ2v) is 6.78. The van der Waals surface area contributed by atoms with Crippen molar-refractivity contribution in [1.29, 1.82) is 0 Å². The van der Waals surface area contributed by atoms with E-state index in [0.29, 0.717) is 11.1 Å². The number of methoxy groups -OCH3 is 1. The van der Waals surface area contributed by atoms with E-state index in [-0.39, 0.29) is 11.6 Å². The van der Waals surface area contributed by atoms with Crippen LogP contribution in [0.1, 0.15) is 22.0 Å². The molecule has 0 spiro atoms. The van der Waals surface area contributed by atoms with Crippen molar-refractivity contribution in [3.05, 3.63) is 108 Å². The molecule has 144 valence electrons. The first-order valence-corrected chi connectivity index (χ1v) is 9.33. The predicted molar refractivity (Wildman–Crippen MR) is 114 cm³/mol. The van der Waals surface area contributed by atoms with Gasteiger partial charge in [-0.3, -0.25) is 4.79 Å². The fourth-order valence-corrected chi connectivity index (χ4v) is 3.32. The van der Waals surface area contributed by atoms with Crippen molar-refractivity contribution in [2.45, 2.75) is 6.04 Å². The van der Waals surface area contributed by atoms with Gasteiger partial charge in [0, 0.05) is 11.3 Å². The minimum absolute atomic E-state index is 0.0850. The van der Waals surface area contributed by atoms with Gasteiger partial charge in [0.05, 0.1) is 7.11 Å². The minimum atomic E-state index is -0.648. The molecule has 0 aromatic heterocycles. The molecule has 0 unspecified atom stereocenters. The molecular formula is C25H20FNO2. The van der Waals surface area contributed by atoms with Gasteiger partial charge in [-0.15, -0.1) is 0 Å². The van der Waals surface area contributed by atoms with Crippen LogP contribution in [0.3, 0.4) is 0 Å². The van der Waals surface area contributed by atoms with Crippen molar-refractivity contribution in [3.63, 3.8) is 0 Å². The van der Waals surface area contributed by atoms with E-state index in [1.54, 1.807) is 19.2 Å². The first kappa shape index (κ1) is 18.7. The maximum absolute atomic E-state index is 13.4. The summed E-state index contributed by atoms with van der Waals surface area (Å²) in [5.74, 6) is 0.308. The molecule has 0 aliphatic heterocycles. The molecule has 29 heavy (non-hydrogen) atoms. The van der Waals surface area contributed by atoms with E-state index in [9.17, 15) is 9.18 Å². The van der Waals surface area contributed by atoms with Crippen LogP contribution in [0.5, 0.6) is 5.75 Å². The van der Waals surface area contributed by atoms with Crippen molar-refractivity contribution >= 4 is 22.2 Å². The number of hydrogen-bond acceptors (Lipinski definition) is 3. The van der Waals surface area contributed by atoms with Crippen LogP contribution in [-0.4, -0.2) is 12.9 Å². The Kier molecular flexibility index (Phi) is 5.25. The maximum Gasteiger partial charge on any atom is 0.189 e. The van der Waals surface area contributed by atoms with E-state index in [1.165, 1.54) is 12.1 Å². The Hall–Kier alpha value is -3.66. The molecular weight excluding hydrogens is 365 g/mol. The average Bonchev–Trinajstić information content (AvgIpc) is 2.78. The maximum atomic E-state index is 13.4. The molecule has 0 saturated carbocycles. The van der Waals surface area contributed by atoms with Crippen molar-refractivity contribution in [2.75, 3.05) is 12.4 Å². The normalized spacial score (nSPS) is 11.8. The third-order valence-electron chi connectivity index (χ3n) is 4.90. The number of carbonyl (C=O) groups is 1. The van der Waals surface area contributed by atoms with Crippen LogP contribution >= 0.6 is 0 Å². The van der Waals surface area contributed by atoms with Crippen molar-refractivity contribution in [3.8, 4) is 5.75 Å². The topological polar surface area (TPSA) is 38.3 Å². The van der Waals surface area contributed by atoms with Crippen LogP contribution in [0.15, 0.2) is 91.0 Å². The van der Waals surface area contributed by atoms with Gasteiger partial charge in [0.2, 0.25) is 0 Å². The quantitative estimate of drug-likeness (QED) is 0.412. The lowest BCUT2D eigenvalue weighted by molar-refractivity contribution is 0.0969. The SMILES string of the molecule is COc1ccc(N[C@H](C(=O)c2ccc3ccccc3c2)c2ccc(F)cc2)cc1. The van der Waals surface area contributed by atoms with Crippen LogP contribution in [0.2, 0.25) is 0 Å². The summed E-state index contributed by atoms with van der Waals surface area (Å²) in [5.41, 5.74) is 2.06. The number of fused-ring (bicyclic) bond motifs is 1. The van der Waals surface area contributed by atoms with Gasteiger partial charge in [0.25, 0.3) is 0 Å². The summed E-state index contributed by atoms with van der Waals surface area (Å²) in [5, 5.41) is 5.36. The van der Waals surface area contributed by atoms with Crippen LogP contribution in [0, 0.1) is 5.82 Å². The van der Waals surface area contributed by atoms with Crippen LogP contribution < -0.4 is 10.1 Å². The molecule has 0 amide bonds. The van der Waals surface area contributed by atoms with E-state index < -0.39 is 6.04 Å². The number of anilines is 1. The lowest BCUT2D eigenvalue weighted by Gasteiger charge is -2.20. The molecule has 1 atom stereocenters. The fraction of sp³-hybridized carbons (Fsp3) is 0.0800. The second kappa shape index (κ2) is 8.15. The first-order valence-electron chi connectivity index (χ1n) is 9.33. The highest BCUT2D eigenvalue weighted by atomic mass is 19.1. The Bertz CT molecular complexity index is 1140. The zero-order valence-corrected chi connectivity index (χ0v) is 15.9. The van der Waals surface area contributed by atoms with Gasteiger partial charge < -0.3 is 10.1 Å². The molecule has 1 N–H and O–H groups in total.